The first-order chi connectivity index (χ1) is 10.4. The number of anilines is 1. The number of likely N-dealkylation sites (N-methyl/N-ethyl adjacent to an activating group) is 1. The van der Waals surface area contributed by atoms with E-state index in [9.17, 15) is 4.79 Å². The number of halogens is 2. The van der Waals surface area contributed by atoms with Crippen molar-refractivity contribution in [1.82, 2.24) is 10.1 Å². The molecule has 0 saturated heterocycles. The van der Waals surface area contributed by atoms with E-state index in [2.05, 4.69) is 10.5 Å². The lowest BCUT2D eigenvalue weighted by molar-refractivity contribution is -0.120. The minimum atomic E-state index is -0.358. The highest BCUT2D eigenvalue weighted by Gasteiger charge is 2.20. The molecule has 118 valence electrons. The highest BCUT2D eigenvalue weighted by molar-refractivity contribution is 6.36. The zero-order valence-corrected chi connectivity index (χ0v) is 14.1. The van der Waals surface area contributed by atoms with Crippen LogP contribution in [0.3, 0.4) is 0 Å². The first-order valence-corrected chi connectivity index (χ1v) is 7.50. The molecule has 0 fully saturated rings. The minimum absolute atomic E-state index is 0.160. The van der Waals surface area contributed by atoms with Crippen molar-refractivity contribution < 1.29 is 9.32 Å². The van der Waals surface area contributed by atoms with Crippen molar-refractivity contribution in [3.8, 4) is 0 Å². The summed E-state index contributed by atoms with van der Waals surface area (Å²) in [5.74, 6) is 0.584. The minimum Gasteiger partial charge on any atom is -0.361 e. The van der Waals surface area contributed by atoms with Crippen molar-refractivity contribution in [3.05, 3.63) is 45.8 Å². The summed E-state index contributed by atoms with van der Waals surface area (Å²) < 4.78 is 5.02. The van der Waals surface area contributed by atoms with E-state index in [0.29, 0.717) is 22.3 Å². The van der Waals surface area contributed by atoms with Gasteiger partial charge in [-0.1, -0.05) is 28.4 Å². The topological polar surface area (TPSA) is 58.4 Å². The third-order valence-corrected chi connectivity index (χ3v) is 3.87. The van der Waals surface area contributed by atoms with Crippen molar-refractivity contribution in [2.24, 2.45) is 0 Å². The van der Waals surface area contributed by atoms with Gasteiger partial charge in [0.05, 0.1) is 22.4 Å². The van der Waals surface area contributed by atoms with Crippen LogP contribution in [0.2, 0.25) is 10.0 Å². The molecule has 0 aliphatic carbocycles. The molecule has 0 saturated carbocycles. The van der Waals surface area contributed by atoms with Gasteiger partial charge >= 0.3 is 0 Å². The number of aryl methyl sites for hydroxylation is 1. The van der Waals surface area contributed by atoms with E-state index in [1.807, 2.05) is 31.9 Å². The smallest absolute Gasteiger partial charge is 0.241 e. The Balaban J connectivity index is 1.98. The summed E-state index contributed by atoms with van der Waals surface area (Å²) in [6.45, 7) is 4.15. The number of aromatic nitrogens is 1. The lowest BCUT2D eigenvalue weighted by Gasteiger charge is -2.23. The molecule has 0 radical (unpaired) electrons. The molecule has 1 heterocycles. The van der Waals surface area contributed by atoms with Crippen LogP contribution in [-0.2, 0) is 11.3 Å². The molecule has 5 nitrogen and oxygen atoms in total. The summed E-state index contributed by atoms with van der Waals surface area (Å²) >= 11 is 11.9. The molecule has 0 bridgehead atoms. The maximum Gasteiger partial charge on any atom is 0.241 e. The van der Waals surface area contributed by atoms with Crippen molar-refractivity contribution >= 4 is 34.8 Å². The van der Waals surface area contributed by atoms with Crippen LogP contribution in [0.1, 0.15) is 18.4 Å². The number of hydrogen-bond acceptors (Lipinski definition) is 4. The molecule has 2 rings (SSSR count). The third-order valence-electron chi connectivity index (χ3n) is 3.32. The molecule has 1 amide bonds. The highest BCUT2D eigenvalue weighted by Crippen LogP contribution is 2.25. The van der Waals surface area contributed by atoms with Crippen molar-refractivity contribution in [3.63, 3.8) is 0 Å². The fraction of sp³-hybridized carbons (Fsp3) is 0.333. The third kappa shape index (κ3) is 4.22. The van der Waals surface area contributed by atoms with Crippen molar-refractivity contribution in [2.75, 3.05) is 12.4 Å². The number of nitrogens with zero attached hydrogens (tertiary/aromatic N) is 2. The number of carbonyl (C=O) groups is 1. The number of hydrogen-bond donors (Lipinski definition) is 1. The average molecular weight is 342 g/mol. The van der Waals surface area contributed by atoms with Gasteiger partial charge in [0.25, 0.3) is 0 Å². The molecule has 1 N–H and O–H groups in total. The van der Waals surface area contributed by atoms with E-state index in [1.165, 1.54) is 0 Å². The Morgan fingerprint density at radius 1 is 1.41 bits per heavy atom. The monoisotopic (exact) mass is 341 g/mol. The number of benzene rings is 1. The van der Waals surface area contributed by atoms with E-state index >= 15 is 0 Å². The summed E-state index contributed by atoms with van der Waals surface area (Å²) in [4.78, 5) is 14.2. The lowest BCUT2D eigenvalue weighted by atomic mass is 10.2. The predicted octanol–water partition coefficient (Wildman–Crippen LogP) is 3.75. The van der Waals surface area contributed by atoms with Gasteiger partial charge in [0.15, 0.2) is 0 Å². The van der Waals surface area contributed by atoms with Gasteiger partial charge in [0, 0.05) is 17.6 Å². The maximum absolute atomic E-state index is 12.3. The Labute approximate surface area is 139 Å². The van der Waals surface area contributed by atoms with Gasteiger partial charge in [-0.3, -0.25) is 9.69 Å². The number of nitrogens with one attached hydrogen (secondary N) is 1. The molecule has 1 atom stereocenters. The van der Waals surface area contributed by atoms with Crippen LogP contribution in [0.4, 0.5) is 5.69 Å². The fourth-order valence-electron chi connectivity index (χ4n) is 1.91. The Bertz CT molecular complexity index is 673. The summed E-state index contributed by atoms with van der Waals surface area (Å²) in [5, 5.41) is 7.64. The molecule has 0 aliphatic heterocycles. The average Bonchev–Trinajstić information content (AvgIpc) is 2.86. The van der Waals surface area contributed by atoms with Gasteiger partial charge in [-0.2, -0.15) is 0 Å². The molecule has 1 aromatic carbocycles. The Morgan fingerprint density at radius 3 is 2.73 bits per heavy atom. The Morgan fingerprint density at radius 2 is 2.14 bits per heavy atom. The quantitative estimate of drug-likeness (QED) is 0.899. The summed E-state index contributed by atoms with van der Waals surface area (Å²) in [6, 6.07) is 6.43. The predicted molar refractivity (Wildman–Crippen MR) is 87.3 cm³/mol. The molecule has 2 aromatic rings. The summed E-state index contributed by atoms with van der Waals surface area (Å²) in [6.07, 6.45) is 0. The normalized spacial score (nSPS) is 12.5. The van der Waals surface area contributed by atoms with E-state index in [-0.39, 0.29) is 11.9 Å². The van der Waals surface area contributed by atoms with Crippen molar-refractivity contribution in [2.45, 2.75) is 26.4 Å². The number of rotatable bonds is 5. The molecule has 7 heteroatoms. The van der Waals surface area contributed by atoms with Gasteiger partial charge in [0.1, 0.15) is 5.76 Å². The number of carbonyl (C=O) groups excluding carboxylic acids is 1. The first kappa shape index (κ1) is 16.8. The van der Waals surface area contributed by atoms with Gasteiger partial charge in [-0.05, 0) is 39.1 Å². The van der Waals surface area contributed by atoms with Gasteiger partial charge < -0.3 is 9.84 Å². The molecule has 22 heavy (non-hydrogen) atoms. The second-order valence-corrected chi connectivity index (χ2v) is 5.98. The summed E-state index contributed by atoms with van der Waals surface area (Å²) in [7, 11) is 1.84. The second-order valence-electron chi connectivity index (χ2n) is 5.13. The van der Waals surface area contributed by atoms with Gasteiger partial charge in [-0.15, -0.1) is 0 Å². The highest BCUT2D eigenvalue weighted by atomic mass is 35.5. The van der Waals surface area contributed by atoms with E-state index in [4.69, 9.17) is 27.7 Å². The molecular formula is C15H17Cl2N3O2. The van der Waals surface area contributed by atoms with E-state index in [1.54, 1.807) is 18.2 Å². The van der Waals surface area contributed by atoms with Crippen molar-refractivity contribution in [1.29, 1.82) is 0 Å². The Kier molecular flexibility index (Phi) is 5.45. The van der Waals surface area contributed by atoms with Crippen LogP contribution in [0.15, 0.2) is 28.8 Å². The zero-order chi connectivity index (χ0) is 16.3. The van der Waals surface area contributed by atoms with Crippen LogP contribution >= 0.6 is 23.2 Å². The molecular weight excluding hydrogens is 325 g/mol. The largest absolute Gasteiger partial charge is 0.361 e. The standard InChI is InChI=1S/C15H17Cl2N3O2/c1-9-6-12(19-22-9)8-20(3)10(2)15(21)18-14-5-4-11(16)7-13(14)17/h4-7,10H,8H2,1-3H3,(H,18,21). The number of amides is 1. The van der Waals surface area contributed by atoms with Crippen LogP contribution in [0, 0.1) is 6.92 Å². The van der Waals surface area contributed by atoms with E-state index in [0.717, 1.165) is 11.5 Å². The molecule has 0 aliphatic rings. The fourth-order valence-corrected chi connectivity index (χ4v) is 2.37. The van der Waals surface area contributed by atoms with Crippen LogP contribution in [0.5, 0.6) is 0 Å². The molecule has 1 aromatic heterocycles. The van der Waals surface area contributed by atoms with Crippen LogP contribution < -0.4 is 5.32 Å². The van der Waals surface area contributed by atoms with Gasteiger partial charge in [-0.25, -0.2) is 0 Å². The molecule has 1 unspecified atom stereocenters. The van der Waals surface area contributed by atoms with Crippen LogP contribution in [-0.4, -0.2) is 29.1 Å². The SMILES string of the molecule is Cc1cc(CN(C)C(C)C(=O)Nc2ccc(Cl)cc2Cl)no1. The second kappa shape index (κ2) is 7.13. The van der Waals surface area contributed by atoms with E-state index < -0.39 is 0 Å². The zero-order valence-electron chi connectivity index (χ0n) is 12.6. The Hall–Kier alpha value is -1.56. The molecule has 0 spiro atoms. The summed E-state index contributed by atoms with van der Waals surface area (Å²) in [5.41, 5.74) is 1.32. The van der Waals surface area contributed by atoms with Gasteiger partial charge in [0.2, 0.25) is 5.91 Å². The lowest BCUT2D eigenvalue weighted by Crippen LogP contribution is -2.39. The van der Waals surface area contributed by atoms with Crippen LogP contribution in [0.25, 0.3) is 0 Å². The maximum atomic E-state index is 12.3. The first-order valence-electron chi connectivity index (χ1n) is 6.75.